The molecule has 1 aliphatic rings. The molecule has 1 aromatic heterocycles. The fourth-order valence-electron chi connectivity index (χ4n) is 1.71. The Labute approximate surface area is 93.4 Å². The lowest BCUT2D eigenvalue weighted by Crippen LogP contribution is -2.39. The Bertz CT molecular complexity index is 278. The molecule has 0 saturated carbocycles. The topological polar surface area (TPSA) is 29.0 Å². The highest BCUT2D eigenvalue weighted by atomic mass is 35.5. The number of likely N-dealkylation sites (tertiary alicyclic amines) is 1. The van der Waals surface area contributed by atoms with Crippen molar-refractivity contribution in [1.29, 1.82) is 0 Å². The summed E-state index contributed by atoms with van der Waals surface area (Å²) in [5.74, 6) is 0.640. The van der Waals surface area contributed by atoms with E-state index in [1.54, 1.807) is 0 Å². The first-order valence-electron chi connectivity index (χ1n) is 4.88. The molecule has 1 fully saturated rings. The second-order valence-electron chi connectivity index (χ2n) is 3.92. The zero-order valence-electron chi connectivity index (χ0n) is 8.19. The van der Waals surface area contributed by atoms with Crippen LogP contribution in [0.1, 0.15) is 19.0 Å². The average molecular weight is 232 g/mol. The van der Waals surface area contributed by atoms with E-state index in [2.05, 4.69) is 20.6 Å². The average Bonchev–Trinajstić information content (AvgIpc) is 2.64. The van der Waals surface area contributed by atoms with Crippen LogP contribution in [-0.2, 0) is 6.54 Å². The van der Waals surface area contributed by atoms with Gasteiger partial charge in [-0.05, 0) is 18.9 Å². The van der Waals surface area contributed by atoms with Crippen LogP contribution in [0.25, 0.3) is 0 Å². The minimum absolute atomic E-state index is 0.287. The molecule has 1 saturated heterocycles. The summed E-state index contributed by atoms with van der Waals surface area (Å²) in [6.45, 7) is 5.22. The number of nitrogens with zero attached hydrogens (tertiary/aromatic N) is 3. The van der Waals surface area contributed by atoms with Crippen LogP contribution in [0.2, 0.25) is 0 Å². The SMILES string of the molecule is CC1CCN(Cc2cnsn2)CC1Cl. The summed E-state index contributed by atoms with van der Waals surface area (Å²) in [6, 6.07) is 0. The van der Waals surface area contributed by atoms with E-state index < -0.39 is 0 Å². The first kappa shape index (κ1) is 10.3. The lowest BCUT2D eigenvalue weighted by molar-refractivity contribution is 0.188. The van der Waals surface area contributed by atoms with E-state index in [1.807, 2.05) is 6.20 Å². The molecule has 78 valence electrons. The second kappa shape index (κ2) is 4.55. The molecule has 14 heavy (non-hydrogen) atoms. The van der Waals surface area contributed by atoms with Gasteiger partial charge in [-0.1, -0.05) is 6.92 Å². The first-order valence-corrected chi connectivity index (χ1v) is 6.05. The Kier molecular flexibility index (Phi) is 3.36. The van der Waals surface area contributed by atoms with Crippen molar-refractivity contribution in [1.82, 2.24) is 13.6 Å². The number of hydrogen-bond acceptors (Lipinski definition) is 4. The lowest BCUT2D eigenvalue weighted by atomic mass is 9.98. The smallest absolute Gasteiger partial charge is 0.0883 e. The molecule has 2 rings (SSSR count). The fourth-order valence-corrected chi connectivity index (χ4v) is 2.46. The Morgan fingerprint density at radius 1 is 1.71 bits per heavy atom. The highest BCUT2D eigenvalue weighted by Gasteiger charge is 2.24. The van der Waals surface area contributed by atoms with Gasteiger partial charge >= 0.3 is 0 Å². The third kappa shape index (κ3) is 2.43. The van der Waals surface area contributed by atoms with E-state index in [-0.39, 0.29) is 5.38 Å². The maximum atomic E-state index is 6.23. The zero-order chi connectivity index (χ0) is 9.97. The number of aromatic nitrogens is 2. The summed E-state index contributed by atoms with van der Waals surface area (Å²) < 4.78 is 8.19. The van der Waals surface area contributed by atoms with E-state index in [0.29, 0.717) is 5.92 Å². The molecule has 3 nitrogen and oxygen atoms in total. The molecule has 0 amide bonds. The standard InChI is InChI=1S/C9H14ClN3S/c1-7-2-3-13(6-9(7)10)5-8-4-11-14-12-8/h4,7,9H,2-3,5-6H2,1H3. The van der Waals surface area contributed by atoms with Crippen LogP contribution < -0.4 is 0 Å². The van der Waals surface area contributed by atoms with Crippen LogP contribution in [0.4, 0.5) is 0 Å². The Balaban J connectivity index is 1.88. The zero-order valence-corrected chi connectivity index (χ0v) is 9.76. The lowest BCUT2D eigenvalue weighted by Gasteiger charge is -2.33. The van der Waals surface area contributed by atoms with Crippen LogP contribution in [0.15, 0.2) is 6.20 Å². The van der Waals surface area contributed by atoms with Gasteiger partial charge in [-0.3, -0.25) is 4.90 Å². The van der Waals surface area contributed by atoms with Gasteiger partial charge in [0.15, 0.2) is 0 Å². The molecule has 5 heteroatoms. The summed E-state index contributed by atoms with van der Waals surface area (Å²) >= 11 is 7.50. The third-order valence-corrected chi connectivity index (χ3v) is 3.83. The summed E-state index contributed by atoms with van der Waals surface area (Å²) in [5, 5.41) is 0.287. The van der Waals surface area contributed by atoms with Gasteiger partial charge in [0.25, 0.3) is 0 Å². The van der Waals surface area contributed by atoms with E-state index >= 15 is 0 Å². The molecule has 0 aromatic carbocycles. The fraction of sp³-hybridized carbons (Fsp3) is 0.778. The number of alkyl halides is 1. The minimum atomic E-state index is 0.287. The summed E-state index contributed by atoms with van der Waals surface area (Å²) in [4.78, 5) is 2.36. The molecule has 0 N–H and O–H groups in total. The number of piperidine rings is 1. The highest BCUT2D eigenvalue weighted by molar-refractivity contribution is 6.99. The second-order valence-corrected chi connectivity index (χ2v) is 5.03. The van der Waals surface area contributed by atoms with Gasteiger partial charge in [0, 0.05) is 18.5 Å². The van der Waals surface area contributed by atoms with Crippen LogP contribution in [-0.4, -0.2) is 32.1 Å². The molecule has 2 unspecified atom stereocenters. The largest absolute Gasteiger partial charge is 0.296 e. The number of rotatable bonds is 2. The quantitative estimate of drug-likeness (QED) is 0.729. The van der Waals surface area contributed by atoms with Crippen LogP contribution >= 0.6 is 23.3 Å². The van der Waals surface area contributed by atoms with Gasteiger partial charge in [0.05, 0.1) is 23.6 Å². The monoisotopic (exact) mass is 231 g/mol. The van der Waals surface area contributed by atoms with Gasteiger partial charge < -0.3 is 0 Å². The van der Waals surface area contributed by atoms with Crippen molar-refractivity contribution in [2.45, 2.75) is 25.3 Å². The summed E-state index contributed by atoms with van der Waals surface area (Å²) in [6.07, 6.45) is 3.03. The van der Waals surface area contributed by atoms with Gasteiger partial charge in [0.1, 0.15) is 0 Å². The van der Waals surface area contributed by atoms with Gasteiger partial charge in [0.2, 0.25) is 0 Å². The first-order chi connectivity index (χ1) is 6.75. The molecule has 0 radical (unpaired) electrons. The Morgan fingerprint density at radius 2 is 2.57 bits per heavy atom. The third-order valence-electron chi connectivity index (χ3n) is 2.74. The van der Waals surface area contributed by atoms with Crippen LogP contribution in [0.3, 0.4) is 0 Å². The maximum Gasteiger partial charge on any atom is 0.0883 e. The van der Waals surface area contributed by atoms with Crippen molar-refractivity contribution in [2.24, 2.45) is 5.92 Å². The molecule has 0 bridgehead atoms. The van der Waals surface area contributed by atoms with E-state index in [1.165, 1.54) is 18.1 Å². The summed E-state index contributed by atoms with van der Waals surface area (Å²) in [7, 11) is 0. The molecule has 2 heterocycles. The van der Waals surface area contributed by atoms with Crippen molar-refractivity contribution in [3.8, 4) is 0 Å². The van der Waals surface area contributed by atoms with Crippen molar-refractivity contribution in [3.05, 3.63) is 11.9 Å². The van der Waals surface area contributed by atoms with Crippen LogP contribution in [0, 0.1) is 5.92 Å². The normalized spacial score (nSPS) is 29.3. The molecular formula is C9H14ClN3S. The van der Waals surface area contributed by atoms with Gasteiger partial charge in [-0.2, -0.15) is 8.75 Å². The Hall–Kier alpha value is -0.190. The molecule has 0 aliphatic carbocycles. The summed E-state index contributed by atoms with van der Waals surface area (Å²) in [5.41, 5.74) is 1.06. The number of hydrogen-bond donors (Lipinski definition) is 0. The van der Waals surface area contributed by atoms with Crippen molar-refractivity contribution < 1.29 is 0 Å². The molecule has 1 aromatic rings. The molecular weight excluding hydrogens is 218 g/mol. The van der Waals surface area contributed by atoms with E-state index in [9.17, 15) is 0 Å². The number of halogens is 1. The maximum absolute atomic E-state index is 6.23. The highest BCUT2D eigenvalue weighted by Crippen LogP contribution is 2.22. The van der Waals surface area contributed by atoms with Crippen molar-refractivity contribution >= 4 is 23.3 Å². The van der Waals surface area contributed by atoms with Gasteiger partial charge in [-0.15, -0.1) is 11.6 Å². The van der Waals surface area contributed by atoms with Crippen LogP contribution in [0.5, 0.6) is 0 Å². The predicted octanol–water partition coefficient (Wildman–Crippen LogP) is 1.99. The minimum Gasteiger partial charge on any atom is -0.296 e. The molecule has 2 atom stereocenters. The molecule has 0 spiro atoms. The van der Waals surface area contributed by atoms with Gasteiger partial charge in [-0.25, -0.2) is 0 Å². The predicted molar refractivity (Wildman–Crippen MR) is 58.6 cm³/mol. The Morgan fingerprint density at radius 3 is 3.21 bits per heavy atom. The van der Waals surface area contributed by atoms with Crippen molar-refractivity contribution in [2.75, 3.05) is 13.1 Å². The molecule has 1 aliphatic heterocycles. The van der Waals surface area contributed by atoms with Crippen molar-refractivity contribution in [3.63, 3.8) is 0 Å². The van der Waals surface area contributed by atoms with E-state index in [4.69, 9.17) is 11.6 Å². The van der Waals surface area contributed by atoms with E-state index in [0.717, 1.165) is 25.3 Å².